The molecular weight excluding hydrogens is 458 g/mol. The van der Waals surface area contributed by atoms with Crippen molar-refractivity contribution < 1.29 is 8.42 Å². The molecule has 5 heteroatoms. The van der Waals surface area contributed by atoms with Crippen LogP contribution in [0.15, 0.2) is 93.5 Å². The fourth-order valence-electron chi connectivity index (χ4n) is 7.28. The molecule has 1 unspecified atom stereocenters. The van der Waals surface area contributed by atoms with Crippen molar-refractivity contribution in [3.63, 3.8) is 0 Å². The van der Waals surface area contributed by atoms with Crippen LogP contribution in [0.5, 0.6) is 0 Å². The Hall–Kier alpha value is -2.24. The van der Waals surface area contributed by atoms with Crippen molar-refractivity contribution in [1.29, 1.82) is 0 Å². The fraction of sp³-hybridized carbons (Fsp3) is 0.379. The number of nitrogens with one attached hydrogen (secondary N) is 1. The minimum Gasteiger partial charge on any atom is -0.279 e. The van der Waals surface area contributed by atoms with E-state index in [1.54, 1.807) is 0 Å². The first-order valence-electron chi connectivity index (χ1n) is 12.4. The summed E-state index contributed by atoms with van der Waals surface area (Å²) in [5.41, 5.74) is 2.56. The minimum atomic E-state index is -3.38. The van der Waals surface area contributed by atoms with E-state index in [-0.39, 0.29) is 0 Å². The lowest BCUT2D eigenvalue weighted by molar-refractivity contribution is -0.00521. The van der Waals surface area contributed by atoms with Gasteiger partial charge in [0.25, 0.3) is 0 Å². The first-order chi connectivity index (χ1) is 16.4. The van der Waals surface area contributed by atoms with E-state index in [4.69, 9.17) is 0 Å². The molecule has 0 aliphatic heterocycles. The van der Waals surface area contributed by atoms with Gasteiger partial charge in [0.15, 0.2) is 14.7 Å². The summed E-state index contributed by atoms with van der Waals surface area (Å²) < 4.78 is 26.9. The van der Waals surface area contributed by atoms with Crippen molar-refractivity contribution in [3.05, 3.63) is 84.4 Å². The molecule has 0 heterocycles. The lowest BCUT2D eigenvalue weighted by Gasteiger charge is -2.57. The molecule has 3 nitrogen and oxygen atoms in total. The summed E-state index contributed by atoms with van der Waals surface area (Å²) in [6.07, 6.45) is 9.68. The van der Waals surface area contributed by atoms with E-state index in [0.717, 1.165) is 22.6 Å². The molecule has 0 spiro atoms. The quantitative estimate of drug-likeness (QED) is 0.395. The third-order valence-electron chi connectivity index (χ3n) is 8.12. The van der Waals surface area contributed by atoms with Gasteiger partial charge in [0.05, 0.1) is 6.26 Å². The average molecular weight is 491 g/mol. The first kappa shape index (κ1) is 22.2. The smallest absolute Gasteiger partial charge is 0.229 e. The number of sulfonamides is 1. The molecule has 1 atom stereocenters. The zero-order chi connectivity index (χ0) is 23.3. The largest absolute Gasteiger partial charge is 0.279 e. The van der Waals surface area contributed by atoms with E-state index in [2.05, 4.69) is 59.3 Å². The molecule has 0 radical (unpaired) electrons. The number of anilines is 1. The molecule has 3 aromatic carbocycles. The van der Waals surface area contributed by atoms with Crippen LogP contribution in [0.25, 0.3) is 0 Å². The van der Waals surface area contributed by atoms with Gasteiger partial charge >= 0.3 is 0 Å². The molecule has 4 saturated carbocycles. The van der Waals surface area contributed by atoms with Crippen molar-refractivity contribution in [2.45, 2.75) is 58.6 Å². The highest BCUT2D eigenvalue weighted by atomic mass is 32.2. The lowest BCUT2D eigenvalue weighted by Crippen LogP contribution is -2.48. The van der Waals surface area contributed by atoms with Crippen molar-refractivity contribution in [3.8, 4) is 0 Å². The third-order valence-corrected chi connectivity index (χ3v) is 11.0. The Morgan fingerprint density at radius 2 is 1.26 bits per heavy atom. The molecule has 0 aromatic heterocycles. The summed E-state index contributed by atoms with van der Waals surface area (Å²) in [5.74, 6) is 2.79. The Balaban J connectivity index is 1.40. The summed E-state index contributed by atoms with van der Waals surface area (Å²) in [4.78, 5) is 3.41. The van der Waals surface area contributed by atoms with Gasteiger partial charge in [-0.05, 0) is 104 Å². The zero-order valence-corrected chi connectivity index (χ0v) is 21.2. The number of rotatable bonds is 6. The van der Waals surface area contributed by atoms with Crippen molar-refractivity contribution in [2.75, 3.05) is 11.0 Å². The normalized spacial score (nSPS) is 28.6. The van der Waals surface area contributed by atoms with Crippen molar-refractivity contribution >= 4 is 26.6 Å². The van der Waals surface area contributed by atoms with Crippen LogP contribution in [0, 0.1) is 17.8 Å². The van der Waals surface area contributed by atoms with Crippen molar-refractivity contribution in [2.24, 2.45) is 17.8 Å². The van der Waals surface area contributed by atoms with Gasteiger partial charge in [0.2, 0.25) is 10.0 Å². The summed E-state index contributed by atoms with van der Waals surface area (Å²) in [7, 11) is -3.78. The summed E-state index contributed by atoms with van der Waals surface area (Å²) in [6, 6.07) is 27.6. The van der Waals surface area contributed by atoms with Gasteiger partial charge < -0.3 is 0 Å². The molecule has 4 bridgehead atoms. The highest BCUT2D eigenvalue weighted by molar-refractivity contribution is 7.97. The van der Waals surface area contributed by atoms with Crippen LogP contribution in [-0.2, 0) is 26.3 Å². The maximum absolute atomic E-state index is 12.1. The standard InChI is InChI=1S/C29H32NO2S2/c1-34(31,32)30-27-9-5-6-10-28(27)33(25-7-3-2-4-8-25)26-13-11-24(12-14-26)29-18-21-15-22(19-29)17-23(16-21)20-29/h2-14,21-23,30H,15-20H2,1H3/q+1. The SMILES string of the molecule is CS(=O)(=O)Nc1ccccc1[S+](c1ccccc1)c1ccc(C23CC4CC(CC(C4)C2)C3)cc1. The van der Waals surface area contributed by atoms with Crippen LogP contribution >= 0.6 is 0 Å². The molecule has 4 aliphatic carbocycles. The molecule has 7 rings (SSSR count). The molecule has 0 amide bonds. The van der Waals surface area contributed by atoms with Crippen LogP contribution in [-0.4, -0.2) is 14.7 Å². The number of para-hydroxylation sites is 1. The number of hydrogen-bond donors (Lipinski definition) is 1. The third kappa shape index (κ3) is 4.18. The second-order valence-electron chi connectivity index (χ2n) is 10.7. The lowest BCUT2D eigenvalue weighted by atomic mass is 9.48. The Kier molecular flexibility index (Phi) is 5.53. The van der Waals surface area contributed by atoms with Gasteiger partial charge in [-0.15, -0.1) is 0 Å². The zero-order valence-electron chi connectivity index (χ0n) is 19.6. The van der Waals surface area contributed by atoms with Gasteiger partial charge in [-0.25, -0.2) is 8.42 Å². The molecular formula is C29H32NO2S2+. The molecule has 4 aliphatic rings. The molecule has 4 fully saturated rings. The van der Waals surface area contributed by atoms with E-state index < -0.39 is 20.9 Å². The van der Waals surface area contributed by atoms with E-state index in [1.165, 1.54) is 60.1 Å². The highest BCUT2D eigenvalue weighted by Gasteiger charge is 2.51. The topological polar surface area (TPSA) is 46.2 Å². The Bertz CT molecular complexity index is 1250. The van der Waals surface area contributed by atoms with Crippen LogP contribution in [0.3, 0.4) is 0 Å². The summed E-state index contributed by atoms with van der Waals surface area (Å²) >= 11 is 0. The van der Waals surface area contributed by atoms with Crippen LogP contribution in [0.1, 0.15) is 44.1 Å². The summed E-state index contributed by atoms with van der Waals surface area (Å²) in [5, 5.41) is 0. The van der Waals surface area contributed by atoms with Crippen LogP contribution < -0.4 is 4.72 Å². The number of benzene rings is 3. The van der Waals surface area contributed by atoms with Crippen LogP contribution in [0.4, 0.5) is 5.69 Å². The highest BCUT2D eigenvalue weighted by Crippen LogP contribution is 2.60. The molecule has 0 saturated heterocycles. The predicted molar refractivity (Wildman–Crippen MR) is 140 cm³/mol. The van der Waals surface area contributed by atoms with E-state index in [0.29, 0.717) is 11.1 Å². The monoisotopic (exact) mass is 490 g/mol. The van der Waals surface area contributed by atoms with Gasteiger partial charge in [-0.3, -0.25) is 4.72 Å². The van der Waals surface area contributed by atoms with Crippen molar-refractivity contribution in [1.82, 2.24) is 0 Å². The fourth-order valence-corrected chi connectivity index (χ4v) is 10.1. The summed E-state index contributed by atoms with van der Waals surface area (Å²) in [6.45, 7) is 0. The maximum atomic E-state index is 12.1. The average Bonchev–Trinajstić information content (AvgIpc) is 2.80. The Morgan fingerprint density at radius 3 is 1.85 bits per heavy atom. The van der Waals surface area contributed by atoms with E-state index >= 15 is 0 Å². The predicted octanol–water partition coefficient (Wildman–Crippen LogP) is 6.62. The first-order valence-corrected chi connectivity index (χ1v) is 15.5. The minimum absolute atomic E-state index is 0.383. The molecule has 1 N–H and O–H groups in total. The Morgan fingerprint density at radius 1 is 0.735 bits per heavy atom. The number of hydrogen-bond acceptors (Lipinski definition) is 2. The van der Waals surface area contributed by atoms with Gasteiger partial charge in [-0.2, -0.15) is 0 Å². The van der Waals surface area contributed by atoms with Gasteiger partial charge in [-0.1, -0.05) is 42.5 Å². The maximum Gasteiger partial charge on any atom is 0.229 e. The molecule has 3 aromatic rings. The molecule has 34 heavy (non-hydrogen) atoms. The molecule has 176 valence electrons. The second-order valence-corrected chi connectivity index (χ2v) is 14.5. The van der Waals surface area contributed by atoms with Gasteiger partial charge in [0.1, 0.15) is 16.6 Å². The Labute approximate surface area is 206 Å². The van der Waals surface area contributed by atoms with E-state index in [1.807, 2.05) is 24.3 Å². The van der Waals surface area contributed by atoms with Crippen LogP contribution in [0.2, 0.25) is 0 Å². The van der Waals surface area contributed by atoms with Gasteiger partial charge in [0, 0.05) is 0 Å². The van der Waals surface area contributed by atoms with E-state index in [9.17, 15) is 8.42 Å². The second kappa shape index (κ2) is 8.46.